The lowest BCUT2D eigenvalue weighted by atomic mass is 9.84. The van der Waals surface area contributed by atoms with E-state index in [0.29, 0.717) is 0 Å². The zero-order valence-electron chi connectivity index (χ0n) is 25.1. The summed E-state index contributed by atoms with van der Waals surface area (Å²) in [4.78, 5) is 0. The van der Waals surface area contributed by atoms with Crippen LogP contribution in [0, 0.1) is 0 Å². The van der Waals surface area contributed by atoms with Crippen molar-refractivity contribution >= 4 is 116 Å². The van der Waals surface area contributed by atoms with Gasteiger partial charge in [-0.3, -0.25) is 0 Å². The van der Waals surface area contributed by atoms with Gasteiger partial charge in [0.1, 0.15) is 0 Å². The van der Waals surface area contributed by atoms with Crippen molar-refractivity contribution in [3.05, 3.63) is 146 Å². The molecule has 0 atom stereocenters. The normalized spacial score (nSPS) is 12.3. The van der Waals surface area contributed by atoms with E-state index in [4.69, 9.17) is 0 Å². The summed E-state index contributed by atoms with van der Waals surface area (Å²) in [5.74, 6) is 0. The molecule has 0 amide bonds. The van der Waals surface area contributed by atoms with Gasteiger partial charge in [0.15, 0.2) is 0 Å². The first-order valence-electron chi connectivity index (χ1n) is 15.9. The Morgan fingerprint density at radius 3 is 1.43 bits per heavy atom. The fraction of sp³-hybridized carbons (Fsp3) is 0. The predicted octanol–water partition coefficient (Wildman–Crippen LogP) is 14.4. The van der Waals surface area contributed by atoms with Crippen LogP contribution in [0.5, 0.6) is 0 Å². The zero-order valence-corrected chi connectivity index (χ0v) is 27.5. The molecule has 0 aliphatic heterocycles. The van der Waals surface area contributed by atoms with Crippen LogP contribution in [-0.2, 0) is 0 Å². The number of thiophene rings is 3. The third kappa shape index (κ3) is 3.62. The number of hydrogen-bond donors (Lipinski definition) is 0. The molecular formula is C44H24S3. The molecule has 0 aliphatic rings. The molecule has 47 heavy (non-hydrogen) atoms. The standard InChI is InChI=1S/C44H24S3/c1-3-14-29-27(12-1)40(25-21-22-38-33(23-25)26-11-5-8-18-35(26)45-38)28-13-2-4-15-30(28)41(29)34-24-39-43(32-17-7-9-19-36(32)46-39)44-42(34)31-16-6-10-20-37(31)47-44/h1-24H. The van der Waals surface area contributed by atoms with Crippen LogP contribution >= 0.6 is 34.0 Å². The van der Waals surface area contributed by atoms with E-state index in [1.165, 1.54) is 104 Å². The minimum atomic E-state index is 1.27. The Labute approximate surface area is 282 Å². The van der Waals surface area contributed by atoms with Gasteiger partial charge < -0.3 is 0 Å². The Balaban J connectivity index is 1.31. The minimum Gasteiger partial charge on any atom is -0.135 e. The zero-order chi connectivity index (χ0) is 30.6. The van der Waals surface area contributed by atoms with Gasteiger partial charge in [-0.05, 0) is 80.2 Å². The van der Waals surface area contributed by atoms with Crippen molar-refractivity contribution in [2.24, 2.45) is 0 Å². The molecule has 0 unspecified atom stereocenters. The molecule has 0 fully saturated rings. The summed E-state index contributed by atoms with van der Waals surface area (Å²) in [5, 5.41) is 13.3. The maximum Gasteiger partial charge on any atom is 0.0454 e. The highest BCUT2D eigenvalue weighted by Gasteiger charge is 2.23. The molecule has 0 bridgehead atoms. The largest absolute Gasteiger partial charge is 0.135 e. The smallest absolute Gasteiger partial charge is 0.0454 e. The Bertz CT molecular complexity index is 3020. The van der Waals surface area contributed by atoms with Gasteiger partial charge in [-0.1, -0.05) is 109 Å². The molecule has 11 aromatic rings. The summed E-state index contributed by atoms with van der Waals surface area (Å²) in [6, 6.07) is 54.4. The molecule has 0 aliphatic carbocycles. The lowest BCUT2D eigenvalue weighted by Gasteiger charge is -2.19. The van der Waals surface area contributed by atoms with Gasteiger partial charge in [-0.25, -0.2) is 0 Å². The molecule has 11 rings (SSSR count). The van der Waals surface area contributed by atoms with Crippen LogP contribution in [-0.4, -0.2) is 0 Å². The SMILES string of the molecule is c1ccc2c(c1)sc1ccc(-c3c4ccccc4c(-c4cc5sc6ccccc6c5c5sc6ccccc6c45)c4ccccc34)cc12. The second-order valence-electron chi connectivity index (χ2n) is 12.3. The number of fused-ring (bicyclic) bond motifs is 12. The van der Waals surface area contributed by atoms with Crippen molar-refractivity contribution in [3.8, 4) is 22.3 Å². The Hall–Kier alpha value is -5.06. The predicted molar refractivity (Wildman–Crippen MR) is 211 cm³/mol. The van der Waals surface area contributed by atoms with Crippen LogP contribution in [0.3, 0.4) is 0 Å². The maximum absolute atomic E-state index is 2.50. The highest BCUT2D eigenvalue weighted by Crippen LogP contribution is 2.52. The molecule has 0 saturated carbocycles. The average molecular weight is 649 g/mol. The summed E-state index contributed by atoms with van der Waals surface area (Å²) in [5.41, 5.74) is 5.24. The number of benzene rings is 8. The second kappa shape index (κ2) is 9.73. The van der Waals surface area contributed by atoms with E-state index in [1.807, 2.05) is 34.0 Å². The number of rotatable bonds is 2. The van der Waals surface area contributed by atoms with E-state index in [0.717, 1.165) is 0 Å². The first-order chi connectivity index (χ1) is 23.3. The first-order valence-corrected chi connectivity index (χ1v) is 18.4. The van der Waals surface area contributed by atoms with Crippen LogP contribution in [0.2, 0.25) is 0 Å². The summed E-state index contributed by atoms with van der Waals surface area (Å²) in [6.45, 7) is 0. The van der Waals surface area contributed by atoms with Gasteiger partial charge in [-0.2, -0.15) is 0 Å². The summed E-state index contributed by atoms with van der Waals surface area (Å²) in [7, 11) is 0. The van der Waals surface area contributed by atoms with Crippen molar-refractivity contribution < 1.29 is 0 Å². The van der Waals surface area contributed by atoms with Crippen LogP contribution < -0.4 is 0 Å². The molecule has 218 valence electrons. The molecular weight excluding hydrogens is 625 g/mol. The van der Waals surface area contributed by atoms with Crippen molar-refractivity contribution in [1.82, 2.24) is 0 Å². The van der Waals surface area contributed by atoms with Gasteiger partial charge >= 0.3 is 0 Å². The first kappa shape index (κ1) is 26.1. The summed E-state index contributed by atoms with van der Waals surface area (Å²) < 4.78 is 8.11. The van der Waals surface area contributed by atoms with E-state index < -0.39 is 0 Å². The van der Waals surface area contributed by atoms with Gasteiger partial charge in [0, 0.05) is 60.5 Å². The summed E-state index contributed by atoms with van der Waals surface area (Å²) in [6.07, 6.45) is 0. The van der Waals surface area contributed by atoms with Crippen LogP contribution in [0.15, 0.2) is 146 Å². The van der Waals surface area contributed by atoms with Gasteiger partial charge in [0.05, 0.1) is 0 Å². The summed E-state index contributed by atoms with van der Waals surface area (Å²) >= 11 is 5.74. The van der Waals surface area contributed by atoms with Crippen molar-refractivity contribution in [2.45, 2.75) is 0 Å². The maximum atomic E-state index is 2.50. The van der Waals surface area contributed by atoms with E-state index in [-0.39, 0.29) is 0 Å². The Morgan fingerprint density at radius 2 is 0.766 bits per heavy atom. The van der Waals surface area contributed by atoms with Crippen molar-refractivity contribution in [3.63, 3.8) is 0 Å². The lowest BCUT2D eigenvalue weighted by Crippen LogP contribution is -1.91. The van der Waals surface area contributed by atoms with Crippen LogP contribution in [0.25, 0.3) is 104 Å². The Kier molecular flexibility index (Phi) is 5.39. The van der Waals surface area contributed by atoms with Crippen molar-refractivity contribution in [2.75, 3.05) is 0 Å². The second-order valence-corrected chi connectivity index (χ2v) is 15.6. The van der Waals surface area contributed by atoms with E-state index >= 15 is 0 Å². The van der Waals surface area contributed by atoms with Gasteiger partial charge in [0.25, 0.3) is 0 Å². The lowest BCUT2D eigenvalue weighted by molar-refractivity contribution is 1.71. The molecule has 0 N–H and O–H groups in total. The molecule has 0 spiro atoms. The molecule has 0 nitrogen and oxygen atoms in total. The number of hydrogen-bond acceptors (Lipinski definition) is 3. The fourth-order valence-electron chi connectivity index (χ4n) is 7.90. The minimum absolute atomic E-state index is 1.27. The van der Waals surface area contributed by atoms with E-state index in [9.17, 15) is 0 Å². The quantitative estimate of drug-likeness (QED) is 0.164. The van der Waals surface area contributed by atoms with E-state index in [2.05, 4.69) is 146 Å². The molecule has 3 aromatic heterocycles. The molecule has 8 aromatic carbocycles. The molecule has 3 heterocycles. The van der Waals surface area contributed by atoms with Gasteiger partial charge in [0.2, 0.25) is 0 Å². The Morgan fingerprint density at radius 1 is 0.298 bits per heavy atom. The van der Waals surface area contributed by atoms with Crippen molar-refractivity contribution in [1.29, 1.82) is 0 Å². The monoisotopic (exact) mass is 648 g/mol. The highest BCUT2D eigenvalue weighted by molar-refractivity contribution is 7.30. The van der Waals surface area contributed by atoms with E-state index in [1.54, 1.807) is 0 Å². The van der Waals surface area contributed by atoms with Crippen LogP contribution in [0.4, 0.5) is 0 Å². The van der Waals surface area contributed by atoms with Gasteiger partial charge in [-0.15, -0.1) is 34.0 Å². The fourth-order valence-corrected chi connectivity index (χ4v) is 11.5. The topological polar surface area (TPSA) is 0 Å². The third-order valence-electron chi connectivity index (χ3n) is 9.86. The molecule has 0 radical (unpaired) electrons. The average Bonchev–Trinajstić information content (AvgIpc) is 3.81. The van der Waals surface area contributed by atoms with Crippen LogP contribution in [0.1, 0.15) is 0 Å². The molecule has 0 saturated heterocycles. The molecule has 3 heteroatoms. The third-order valence-corrected chi connectivity index (χ3v) is 13.3. The highest BCUT2D eigenvalue weighted by atomic mass is 32.1.